The summed E-state index contributed by atoms with van der Waals surface area (Å²) in [7, 11) is 0. The van der Waals surface area contributed by atoms with Crippen molar-refractivity contribution in [3.05, 3.63) is 85.1 Å². The summed E-state index contributed by atoms with van der Waals surface area (Å²) < 4.78 is 34.1. The minimum absolute atomic E-state index is 0.237. The monoisotopic (exact) mass is 1120 g/mol. The predicted octanol–water partition coefficient (Wildman–Crippen LogP) is 4.81. The van der Waals surface area contributed by atoms with E-state index >= 15 is 0 Å². The summed E-state index contributed by atoms with van der Waals surface area (Å²) in [6.07, 6.45) is 24.3. The van der Waals surface area contributed by atoms with Gasteiger partial charge in [-0.2, -0.15) is 0 Å². The van der Waals surface area contributed by atoms with Crippen LogP contribution in [0.4, 0.5) is 0 Å². The molecule has 454 valence electrons. The van der Waals surface area contributed by atoms with Crippen molar-refractivity contribution in [3.63, 3.8) is 0 Å². The highest BCUT2D eigenvalue weighted by molar-refractivity contribution is 5.76. The van der Waals surface area contributed by atoms with Crippen molar-refractivity contribution in [3.8, 4) is 0 Å². The fourth-order valence-corrected chi connectivity index (χ4v) is 9.41. The van der Waals surface area contributed by atoms with E-state index in [-0.39, 0.29) is 18.9 Å². The molecular formula is C60H101NO18. The first-order chi connectivity index (χ1) is 38.3. The van der Waals surface area contributed by atoms with Gasteiger partial charge in [0.1, 0.15) is 73.2 Å². The summed E-state index contributed by atoms with van der Waals surface area (Å²) in [5.41, 5.74) is 0. The summed E-state index contributed by atoms with van der Waals surface area (Å²) in [5.74, 6) is -0.272. The van der Waals surface area contributed by atoms with Crippen LogP contribution in [0.2, 0.25) is 0 Å². The van der Waals surface area contributed by atoms with Crippen molar-refractivity contribution in [2.45, 2.75) is 259 Å². The molecule has 3 rings (SSSR count). The van der Waals surface area contributed by atoms with E-state index in [0.717, 1.165) is 109 Å². The maximum Gasteiger partial charge on any atom is 0.220 e. The van der Waals surface area contributed by atoms with Crippen LogP contribution in [0.1, 0.15) is 155 Å². The van der Waals surface area contributed by atoms with Gasteiger partial charge in [0.2, 0.25) is 5.91 Å². The lowest BCUT2D eigenvalue weighted by molar-refractivity contribution is -0.379. The Morgan fingerprint density at radius 3 is 1.37 bits per heavy atom. The first-order valence-electron chi connectivity index (χ1n) is 29.3. The number of rotatable bonds is 41. The average Bonchev–Trinajstić information content (AvgIpc) is 3.47. The smallest absolute Gasteiger partial charge is 0.220 e. The van der Waals surface area contributed by atoms with E-state index in [4.69, 9.17) is 28.4 Å². The molecule has 12 N–H and O–H groups in total. The molecule has 0 aliphatic carbocycles. The molecule has 3 heterocycles. The van der Waals surface area contributed by atoms with Gasteiger partial charge >= 0.3 is 0 Å². The lowest BCUT2D eigenvalue weighted by Crippen LogP contribution is -2.66. The molecule has 0 radical (unpaired) electrons. The van der Waals surface area contributed by atoms with Crippen molar-refractivity contribution < 1.29 is 89.4 Å². The molecule has 3 aliphatic heterocycles. The first kappa shape index (κ1) is 70.2. The SMILES string of the molecule is CC/C=C\C/C=C\C/C=C\C/C=C\C/C=C\C/C=C\C/C=C\CCCCCCCC(=O)NC(COC1OC(CO)C(OC2OC(CO)C(OC3OC(CO)C(O)C(O)C3O)C(O)C2O)C(O)C1O)C(O)CCCCCCCCC. The van der Waals surface area contributed by atoms with E-state index in [1.807, 2.05) is 0 Å². The molecule has 0 aromatic heterocycles. The van der Waals surface area contributed by atoms with Crippen LogP contribution < -0.4 is 5.32 Å². The fourth-order valence-electron chi connectivity index (χ4n) is 9.41. The Balaban J connectivity index is 1.42. The summed E-state index contributed by atoms with van der Waals surface area (Å²) in [4.78, 5) is 13.3. The number of unbranched alkanes of at least 4 members (excludes halogenated alkanes) is 11. The number of aliphatic hydroxyl groups excluding tert-OH is 11. The first-order valence-corrected chi connectivity index (χ1v) is 29.3. The van der Waals surface area contributed by atoms with Crippen molar-refractivity contribution in [1.82, 2.24) is 5.32 Å². The maximum absolute atomic E-state index is 13.3. The Morgan fingerprint density at radius 1 is 0.468 bits per heavy atom. The summed E-state index contributed by atoms with van der Waals surface area (Å²) in [6, 6.07) is -0.900. The van der Waals surface area contributed by atoms with Crippen LogP contribution in [0.15, 0.2) is 85.1 Å². The lowest BCUT2D eigenvalue weighted by Gasteiger charge is -2.48. The molecule has 0 saturated carbocycles. The van der Waals surface area contributed by atoms with Crippen LogP contribution >= 0.6 is 0 Å². The van der Waals surface area contributed by atoms with Gasteiger partial charge in [-0.1, -0.05) is 163 Å². The molecule has 3 saturated heterocycles. The average molecular weight is 1120 g/mol. The highest BCUT2D eigenvalue weighted by atomic mass is 16.8. The third kappa shape index (κ3) is 26.8. The van der Waals surface area contributed by atoms with Gasteiger partial charge in [0.05, 0.1) is 38.6 Å². The molecule has 0 aromatic carbocycles. The standard InChI is InChI=1S/C60H101NO18/c1-3-5-7-9-11-12-13-14-15-16-17-18-19-20-21-22-23-24-25-26-27-28-29-30-32-34-36-38-48(66)61-43(44(65)37-35-33-31-10-8-6-4-2)42-74-58-54(72)51(69)56(46(40-63)76-58)79-60-55(73)52(70)57(47(41-64)77-60)78-59-53(71)50(68)49(67)45(39-62)75-59/h5,7,11-12,14-15,17-18,20-21,23-24,26-27,43-47,49-60,62-65,67-73H,3-4,6,8-10,13,16,19,22,25,28-42H2,1-2H3,(H,61,66)/b7-5-,12-11-,15-14-,18-17-,21-20-,24-23-,27-26-. The Labute approximate surface area is 470 Å². The van der Waals surface area contributed by atoms with Crippen LogP contribution in [0.3, 0.4) is 0 Å². The number of amides is 1. The Kier molecular flexibility index (Phi) is 38.0. The number of allylic oxidation sites excluding steroid dienone is 14. The maximum atomic E-state index is 13.3. The second-order valence-electron chi connectivity index (χ2n) is 20.7. The van der Waals surface area contributed by atoms with Gasteiger partial charge in [0.15, 0.2) is 18.9 Å². The van der Waals surface area contributed by atoms with E-state index in [0.29, 0.717) is 19.3 Å². The van der Waals surface area contributed by atoms with E-state index in [1.54, 1.807) is 0 Å². The Bertz CT molecular complexity index is 1770. The van der Waals surface area contributed by atoms with Gasteiger partial charge in [-0.05, 0) is 70.6 Å². The van der Waals surface area contributed by atoms with E-state index in [1.165, 1.54) is 6.42 Å². The molecule has 19 nitrogen and oxygen atoms in total. The highest BCUT2D eigenvalue weighted by Crippen LogP contribution is 2.33. The highest BCUT2D eigenvalue weighted by Gasteiger charge is 2.53. The number of nitrogens with one attached hydrogen (secondary N) is 1. The molecule has 3 fully saturated rings. The van der Waals surface area contributed by atoms with E-state index in [2.05, 4.69) is 104 Å². The van der Waals surface area contributed by atoms with Crippen molar-refractivity contribution >= 4 is 5.91 Å². The zero-order valence-electron chi connectivity index (χ0n) is 47.1. The third-order valence-electron chi connectivity index (χ3n) is 14.2. The molecular weight excluding hydrogens is 1020 g/mol. The van der Waals surface area contributed by atoms with Gasteiger partial charge in [-0.3, -0.25) is 4.79 Å². The van der Waals surface area contributed by atoms with Crippen molar-refractivity contribution in [2.75, 3.05) is 26.4 Å². The minimum atomic E-state index is -1.98. The van der Waals surface area contributed by atoms with Gasteiger partial charge in [-0.25, -0.2) is 0 Å². The Morgan fingerprint density at radius 2 is 0.873 bits per heavy atom. The van der Waals surface area contributed by atoms with Crippen LogP contribution in [0.5, 0.6) is 0 Å². The van der Waals surface area contributed by atoms with E-state index < -0.39 is 124 Å². The normalized spacial score (nSPS) is 30.9. The van der Waals surface area contributed by atoms with E-state index in [9.17, 15) is 61.0 Å². The number of ether oxygens (including phenoxy) is 6. The number of carbonyl (C=O) groups is 1. The van der Waals surface area contributed by atoms with Gasteiger partial charge in [0.25, 0.3) is 0 Å². The van der Waals surface area contributed by atoms with Crippen LogP contribution in [-0.4, -0.2) is 193 Å². The molecule has 1 amide bonds. The molecule has 0 aromatic rings. The molecule has 17 unspecified atom stereocenters. The van der Waals surface area contributed by atoms with Crippen molar-refractivity contribution in [1.29, 1.82) is 0 Å². The molecule has 0 bridgehead atoms. The summed E-state index contributed by atoms with van der Waals surface area (Å²) in [5, 5.41) is 120. The number of hydrogen-bond donors (Lipinski definition) is 12. The molecule has 79 heavy (non-hydrogen) atoms. The van der Waals surface area contributed by atoms with Crippen LogP contribution in [0.25, 0.3) is 0 Å². The summed E-state index contributed by atoms with van der Waals surface area (Å²) >= 11 is 0. The molecule has 17 atom stereocenters. The van der Waals surface area contributed by atoms with Gasteiger partial charge < -0.3 is 89.9 Å². The minimum Gasteiger partial charge on any atom is -0.394 e. The fraction of sp³-hybridized carbons (Fsp3) is 0.750. The number of hydrogen-bond acceptors (Lipinski definition) is 18. The van der Waals surface area contributed by atoms with Gasteiger partial charge in [-0.15, -0.1) is 0 Å². The Hall–Kier alpha value is -3.03. The topological polar surface area (TPSA) is 307 Å². The zero-order chi connectivity index (χ0) is 57.6. The number of carbonyl (C=O) groups excluding carboxylic acids is 1. The molecule has 3 aliphatic rings. The number of aliphatic hydroxyl groups is 11. The lowest BCUT2D eigenvalue weighted by atomic mass is 9.96. The molecule has 19 heteroatoms. The quantitative estimate of drug-likeness (QED) is 0.0289. The molecule has 0 spiro atoms. The predicted molar refractivity (Wildman–Crippen MR) is 300 cm³/mol. The second-order valence-corrected chi connectivity index (χ2v) is 20.7. The van der Waals surface area contributed by atoms with Gasteiger partial charge in [0, 0.05) is 6.42 Å². The van der Waals surface area contributed by atoms with Crippen molar-refractivity contribution in [2.24, 2.45) is 0 Å². The zero-order valence-corrected chi connectivity index (χ0v) is 47.1. The summed E-state index contributed by atoms with van der Waals surface area (Å²) in [6.45, 7) is 1.56. The van der Waals surface area contributed by atoms with Crippen LogP contribution in [-0.2, 0) is 33.2 Å². The largest absolute Gasteiger partial charge is 0.394 e. The third-order valence-corrected chi connectivity index (χ3v) is 14.2. The van der Waals surface area contributed by atoms with Crippen LogP contribution in [0, 0.1) is 0 Å². The second kappa shape index (κ2) is 42.7.